The van der Waals surface area contributed by atoms with Crippen molar-refractivity contribution >= 4 is 0 Å². The van der Waals surface area contributed by atoms with Crippen LogP contribution < -0.4 is 4.74 Å². The number of methoxy groups -OCH3 is 1. The van der Waals surface area contributed by atoms with E-state index in [1.54, 1.807) is 7.11 Å². The van der Waals surface area contributed by atoms with Crippen molar-refractivity contribution in [3.05, 3.63) is 29.8 Å². The predicted octanol–water partition coefficient (Wildman–Crippen LogP) is 3.32. The summed E-state index contributed by atoms with van der Waals surface area (Å²) in [6.07, 6.45) is 2.63. The van der Waals surface area contributed by atoms with Crippen molar-refractivity contribution in [3.63, 3.8) is 0 Å². The maximum absolute atomic E-state index is 10.1. The molecule has 1 aromatic rings. The van der Waals surface area contributed by atoms with Crippen LogP contribution in [0.25, 0.3) is 0 Å². The van der Waals surface area contributed by atoms with Gasteiger partial charge >= 0.3 is 0 Å². The summed E-state index contributed by atoms with van der Waals surface area (Å²) in [5, 5.41) is 10.1. The summed E-state index contributed by atoms with van der Waals surface area (Å²) in [6.45, 7) is 4.78. The van der Waals surface area contributed by atoms with E-state index in [1.165, 1.54) is 12.8 Å². The van der Waals surface area contributed by atoms with Gasteiger partial charge in [-0.15, -0.1) is 0 Å². The summed E-state index contributed by atoms with van der Waals surface area (Å²) in [4.78, 5) is 0. The van der Waals surface area contributed by atoms with Gasteiger partial charge in [0.1, 0.15) is 11.9 Å². The van der Waals surface area contributed by atoms with E-state index >= 15 is 0 Å². The second-order valence-electron chi connectivity index (χ2n) is 4.50. The number of hydrogen-bond donors (Lipinski definition) is 1. The van der Waals surface area contributed by atoms with E-state index in [0.717, 1.165) is 17.7 Å². The molecule has 0 aromatic heterocycles. The lowest BCUT2D eigenvalue weighted by atomic mass is 10.1. The van der Waals surface area contributed by atoms with E-state index in [4.69, 9.17) is 9.47 Å². The van der Waals surface area contributed by atoms with Crippen LogP contribution in [-0.4, -0.2) is 24.9 Å². The van der Waals surface area contributed by atoms with E-state index in [-0.39, 0.29) is 6.10 Å². The first kappa shape index (κ1) is 15.0. The van der Waals surface area contributed by atoms with Crippen molar-refractivity contribution in [3.8, 4) is 5.75 Å². The fourth-order valence-electron chi connectivity index (χ4n) is 1.78. The van der Waals surface area contributed by atoms with Crippen LogP contribution in [0.15, 0.2) is 24.3 Å². The number of hydrogen-bond acceptors (Lipinski definition) is 3. The van der Waals surface area contributed by atoms with Gasteiger partial charge < -0.3 is 14.6 Å². The third-order valence-corrected chi connectivity index (χ3v) is 3.03. The van der Waals surface area contributed by atoms with Gasteiger partial charge in [0.15, 0.2) is 0 Å². The molecule has 0 radical (unpaired) electrons. The third kappa shape index (κ3) is 4.67. The Morgan fingerprint density at radius 1 is 1.17 bits per heavy atom. The smallest absolute Gasteiger partial charge is 0.118 e. The summed E-state index contributed by atoms with van der Waals surface area (Å²) in [5.41, 5.74) is 0.860. The van der Waals surface area contributed by atoms with Crippen LogP contribution in [0.2, 0.25) is 0 Å². The predicted molar refractivity (Wildman–Crippen MR) is 72.9 cm³/mol. The molecule has 3 heteroatoms. The largest absolute Gasteiger partial charge is 0.497 e. The Balaban J connectivity index is 2.43. The molecule has 1 N–H and O–H groups in total. The zero-order valence-electron chi connectivity index (χ0n) is 11.6. The van der Waals surface area contributed by atoms with Gasteiger partial charge in [-0.25, -0.2) is 0 Å². The van der Waals surface area contributed by atoms with Crippen molar-refractivity contribution in [1.82, 2.24) is 0 Å². The van der Waals surface area contributed by atoms with Crippen LogP contribution in [0.4, 0.5) is 0 Å². The second-order valence-corrected chi connectivity index (χ2v) is 4.50. The number of benzene rings is 1. The Morgan fingerprint density at radius 2 is 1.83 bits per heavy atom. The van der Waals surface area contributed by atoms with Crippen molar-refractivity contribution in [1.29, 1.82) is 0 Å². The Morgan fingerprint density at radius 3 is 2.39 bits per heavy atom. The molecule has 1 aromatic carbocycles. The minimum atomic E-state index is -0.586. The molecule has 2 unspecified atom stereocenters. The number of aliphatic hydroxyl groups excluding tert-OH is 1. The first-order valence-corrected chi connectivity index (χ1v) is 6.62. The van der Waals surface area contributed by atoms with Crippen LogP contribution in [0.1, 0.15) is 44.8 Å². The van der Waals surface area contributed by atoms with Gasteiger partial charge in [0, 0.05) is 6.61 Å². The van der Waals surface area contributed by atoms with Gasteiger partial charge in [-0.2, -0.15) is 0 Å². The van der Waals surface area contributed by atoms with Gasteiger partial charge in [-0.1, -0.05) is 31.9 Å². The molecule has 0 fully saturated rings. The summed E-state index contributed by atoms with van der Waals surface area (Å²) in [7, 11) is 1.63. The molecule has 2 atom stereocenters. The molecule has 0 spiro atoms. The molecule has 0 aliphatic heterocycles. The first-order chi connectivity index (χ1) is 8.69. The Labute approximate surface area is 110 Å². The maximum atomic E-state index is 10.1. The zero-order chi connectivity index (χ0) is 13.4. The highest BCUT2D eigenvalue weighted by Crippen LogP contribution is 2.21. The molecule has 0 saturated carbocycles. The third-order valence-electron chi connectivity index (χ3n) is 3.03. The summed E-state index contributed by atoms with van der Waals surface area (Å²) in [6, 6.07) is 7.44. The Bertz CT molecular complexity index is 321. The van der Waals surface area contributed by atoms with Crippen LogP contribution >= 0.6 is 0 Å². The maximum Gasteiger partial charge on any atom is 0.118 e. The molecule has 0 aliphatic rings. The molecule has 18 heavy (non-hydrogen) atoms. The average Bonchev–Trinajstić information content (AvgIpc) is 2.42. The minimum absolute atomic E-state index is 0.185. The molecular formula is C15H24O3. The van der Waals surface area contributed by atoms with Crippen molar-refractivity contribution in [2.24, 2.45) is 0 Å². The van der Waals surface area contributed by atoms with Crippen LogP contribution in [0.3, 0.4) is 0 Å². The van der Waals surface area contributed by atoms with Crippen molar-refractivity contribution in [2.45, 2.75) is 45.3 Å². The summed E-state index contributed by atoms with van der Waals surface area (Å²) in [5.74, 6) is 0.794. The van der Waals surface area contributed by atoms with Gasteiger partial charge in [-0.05, 0) is 31.0 Å². The molecule has 0 amide bonds. The molecule has 0 aliphatic carbocycles. The lowest BCUT2D eigenvalue weighted by molar-refractivity contribution is -0.0291. The topological polar surface area (TPSA) is 38.7 Å². The standard InChI is InChI=1S/C15H24O3/c1-4-5-6-11-18-12(2)15(16)13-7-9-14(17-3)10-8-13/h7-10,12,15-16H,4-6,11H2,1-3H3. The van der Waals surface area contributed by atoms with E-state index in [1.807, 2.05) is 31.2 Å². The molecule has 1 rings (SSSR count). The lowest BCUT2D eigenvalue weighted by Crippen LogP contribution is -2.19. The van der Waals surface area contributed by atoms with Gasteiger partial charge in [-0.3, -0.25) is 0 Å². The first-order valence-electron chi connectivity index (χ1n) is 6.62. The van der Waals surface area contributed by atoms with E-state index < -0.39 is 6.10 Å². The summed E-state index contributed by atoms with van der Waals surface area (Å²) < 4.78 is 10.7. The molecule has 0 bridgehead atoms. The lowest BCUT2D eigenvalue weighted by Gasteiger charge is -2.20. The average molecular weight is 252 g/mol. The van der Waals surface area contributed by atoms with Crippen LogP contribution in [0, 0.1) is 0 Å². The quantitative estimate of drug-likeness (QED) is 0.721. The van der Waals surface area contributed by atoms with E-state index in [2.05, 4.69) is 6.92 Å². The van der Waals surface area contributed by atoms with Gasteiger partial charge in [0.25, 0.3) is 0 Å². The van der Waals surface area contributed by atoms with Crippen LogP contribution in [-0.2, 0) is 4.74 Å². The minimum Gasteiger partial charge on any atom is -0.497 e. The second kappa shape index (κ2) is 8.11. The van der Waals surface area contributed by atoms with Crippen LogP contribution in [0.5, 0.6) is 5.75 Å². The van der Waals surface area contributed by atoms with E-state index in [9.17, 15) is 5.11 Å². The number of unbranched alkanes of at least 4 members (excludes halogenated alkanes) is 2. The monoisotopic (exact) mass is 252 g/mol. The Kier molecular flexibility index (Phi) is 6.76. The highest BCUT2D eigenvalue weighted by molar-refractivity contribution is 5.28. The van der Waals surface area contributed by atoms with Gasteiger partial charge in [0.05, 0.1) is 13.2 Å². The normalized spacial score (nSPS) is 14.2. The molecule has 0 heterocycles. The molecule has 102 valence electrons. The molecular weight excluding hydrogens is 228 g/mol. The van der Waals surface area contributed by atoms with Crippen molar-refractivity contribution < 1.29 is 14.6 Å². The zero-order valence-corrected chi connectivity index (χ0v) is 11.6. The number of ether oxygens (including phenoxy) is 2. The van der Waals surface area contributed by atoms with E-state index in [0.29, 0.717) is 6.61 Å². The molecule has 3 nitrogen and oxygen atoms in total. The fourth-order valence-corrected chi connectivity index (χ4v) is 1.78. The number of rotatable bonds is 8. The fraction of sp³-hybridized carbons (Fsp3) is 0.600. The highest BCUT2D eigenvalue weighted by Gasteiger charge is 2.16. The number of aliphatic hydroxyl groups is 1. The SMILES string of the molecule is CCCCCOC(C)C(O)c1ccc(OC)cc1. The Hall–Kier alpha value is -1.06. The summed E-state index contributed by atoms with van der Waals surface area (Å²) >= 11 is 0. The van der Waals surface area contributed by atoms with Gasteiger partial charge in [0.2, 0.25) is 0 Å². The molecule has 0 saturated heterocycles. The highest BCUT2D eigenvalue weighted by atomic mass is 16.5. The van der Waals surface area contributed by atoms with Crippen molar-refractivity contribution in [2.75, 3.05) is 13.7 Å².